The van der Waals surface area contributed by atoms with Gasteiger partial charge in [0.05, 0.1) is 21.8 Å². The van der Waals surface area contributed by atoms with Crippen LogP contribution in [0.3, 0.4) is 0 Å². The summed E-state index contributed by atoms with van der Waals surface area (Å²) in [6.07, 6.45) is 2.96. The van der Waals surface area contributed by atoms with Gasteiger partial charge in [0.15, 0.2) is 0 Å². The molecule has 4 aromatic rings. The number of hydrogen-bond donors (Lipinski definition) is 2. The molecule has 28 heavy (non-hydrogen) atoms. The molecule has 0 fully saturated rings. The lowest BCUT2D eigenvalue weighted by atomic mass is 10.3. The van der Waals surface area contributed by atoms with E-state index in [-0.39, 0.29) is 5.82 Å². The second-order valence-corrected chi connectivity index (χ2v) is 6.98. The summed E-state index contributed by atoms with van der Waals surface area (Å²) in [6, 6.07) is 10.9. The molecule has 0 saturated heterocycles. The van der Waals surface area contributed by atoms with Gasteiger partial charge in [0.1, 0.15) is 10.6 Å². The molecule has 0 bridgehead atoms. The Labute approximate surface area is 162 Å². The molecule has 140 valence electrons. The van der Waals surface area contributed by atoms with Crippen molar-refractivity contribution in [3.8, 4) is 5.69 Å². The average Bonchev–Trinajstić information content (AvgIpc) is 3.28. The Morgan fingerprint density at radius 3 is 2.57 bits per heavy atom. The van der Waals surface area contributed by atoms with Gasteiger partial charge in [-0.2, -0.15) is 5.10 Å². The number of aryl methyl sites for hydroxylation is 1. The first-order valence-corrected chi connectivity index (χ1v) is 9.10. The van der Waals surface area contributed by atoms with Crippen molar-refractivity contribution in [3.63, 3.8) is 0 Å². The Morgan fingerprint density at radius 1 is 1.11 bits per heavy atom. The highest BCUT2D eigenvalue weighted by Gasteiger charge is 2.18. The van der Waals surface area contributed by atoms with Crippen molar-refractivity contribution in [2.75, 3.05) is 0 Å². The number of benzene rings is 1. The van der Waals surface area contributed by atoms with E-state index in [0.29, 0.717) is 16.1 Å². The Bertz CT molecular complexity index is 1170. The van der Waals surface area contributed by atoms with Crippen LogP contribution in [-0.4, -0.2) is 26.6 Å². The van der Waals surface area contributed by atoms with Crippen molar-refractivity contribution in [1.29, 1.82) is 0 Å². The summed E-state index contributed by atoms with van der Waals surface area (Å²) in [7, 11) is 0. The standard InChI is InChI=1S/C19H14FN5O2S/c1-11-15-9-16(18(27)23-22-17(26)12-3-2-8-21-10-12)28-19(15)25(24-11)14-6-4-13(20)5-7-14/h2-10H,1H3,(H,22,26)(H,23,27). The quantitative estimate of drug-likeness (QED) is 0.522. The highest BCUT2D eigenvalue weighted by atomic mass is 32.1. The second-order valence-electron chi connectivity index (χ2n) is 5.95. The Hall–Kier alpha value is -3.59. The molecule has 0 aliphatic heterocycles. The molecule has 0 atom stereocenters. The number of pyridine rings is 1. The largest absolute Gasteiger partial charge is 0.279 e. The van der Waals surface area contributed by atoms with Gasteiger partial charge in [-0.1, -0.05) is 0 Å². The number of hydrogen-bond acceptors (Lipinski definition) is 5. The van der Waals surface area contributed by atoms with Crippen LogP contribution in [0.5, 0.6) is 0 Å². The van der Waals surface area contributed by atoms with E-state index in [0.717, 1.165) is 15.9 Å². The van der Waals surface area contributed by atoms with Crippen molar-refractivity contribution in [3.05, 3.63) is 76.8 Å². The molecule has 0 radical (unpaired) electrons. The zero-order chi connectivity index (χ0) is 19.7. The van der Waals surface area contributed by atoms with E-state index in [4.69, 9.17) is 0 Å². The van der Waals surface area contributed by atoms with Gasteiger partial charge in [0.25, 0.3) is 11.8 Å². The molecule has 3 heterocycles. The summed E-state index contributed by atoms with van der Waals surface area (Å²) >= 11 is 1.23. The summed E-state index contributed by atoms with van der Waals surface area (Å²) in [4.78, 5) is 29.5. The van der Waals surface area contributed by atoms with E-state index in [1.807, 2.05) is 6.92 Å². The highest BCUT2D eigenvalue weighted by molar-refractivity contribution is 7.20. The number of carbonyl (C=O) groups is 2. The maximum atomic E-state index is 13.2. The first-order chi connectivity index (χ1) is 13.5. The average molecular weight is 395 g/mol. The molecule has 0 aliphatic carbocycles. The molecule has 3 aromatic heterocycles. The third kappa shape index (κ3) is 3.35. The van der Waals surface area contributed by atoms with E-state index in [2.05, 4.69) is 20.9 Å². The van der Waals surface area contributed by atoms with Crippen molar-refractivity contribution in [2.45, 2.75) is 6.92 Å². The topological polar surface area (TPSA) is 88.9 Å². The Balaban J connectivity index is 1.56. The van der Waals surface area contributed by atoms with Crippen LogP contribution in [0.2, 0.25) is 0 Å². The maximum absolute atomic E-state index is 13.2. The number of nitrogens with zero attached hydrogens (tertiary/aromatic N) is 3. The van der Waals surface area contributed by atoms with Gasteiger partial charge < -0.3 is 0 Å². The molecule has 0 unspecified atom stereocenters. The first-order valence-electron chi connectivity index (χ1n) is 8.29. The van der Waals surface area contributed by atoms with Crippen molar-refractivity contribution >= 4 is 33.4 Å². The van der Waals surface area contributed by atoms with Crippen molar-refractivity contribution in [1.82, 2.24) is 25.6 Å². The number of fused-ring (bicyclic) bond motifs is 1. The molecule has 0 saturated carbocycles. The molecule has 1 aromatic carbocycles. The fraction of sp³-hybridized carbons (Fsp3) is 0.0526. The van der Waals surface area contributed by atoms with E-state index in [1.54, 1.807) is 41.2 Å². The molecule has 0 spiro atoms. The van der Waals surface area contributed by atoms with Crippen molar-refractivity contribution < 1.29 is 14.0 Å². The number of hydrazine groups is 1. The minimum Gasteiger partial charge on any atom is -0.267 e. The molecule has 2 amide bonds. The third-order valence-electron chi connectivity index (χ3n) is 4.05. The summed E-state index contributed by atoms with van der Waals surface area (Å²) in [6.45, 7) is 1.83. The Morgan fingerprint density at radius 2 is 1.86 bits per heavy atom. The molecule has 9 heteroatoms. The highest BCUT2D eigenvalue weighted by Crippen LogP contribution is 2.30. The van der Waals surface area contributed by atoms with Crippen LogP contribution in [0.1, 0.15) is 25.7 Å². The van der Waals surface area contributed by atoms with E-state index in [9.17, 15) is 14.0 Å². The van der Waals surface area contributed by atoms with Gasteiger partial charge in [-0.15, -0.1) is 11.3 Å². The minimum absolute atomic E-state index is 0.334. The normalized spacial score (nSPS) is 10.8. The van der Waals surface area contributed by atoms with Crippen molar-refractivity contribution in [2.24, 2.45) is 0 Å². The number of amides is 2. The smallest absolute Gasteiger partial charge is 0.267 e. The third-order valence-corrected chi connectivity index (χ3v) is 5.16. The molecule has 4 rings (SSSR count). The van der Waals surface area contributed by atoms with Gasteiger partial charge >= 0.3 is 0 Å². The fourth-order valence-corrected chi connectivity index (χ4v) is 3.74. The summed E-state index contributed by atoms with van der Waals surface area (Å²) in [5.74, 6) is -1.24. The maximum Gasteiger partial charge on any atom is 0.279 e. The van der Waals surface area contributed by atoms with Gasteiger partial charge in [0, 0.05) is 17.8 Å². The predicted octanol–water partition coefficient (Wildman–Crippen LogP) is 3.00. The van der Waals surface area contributed by atoms with Crippen LogP contribution < -0.4 is 10.9 Å². The van der Waals surface area contributed by atoms with Crippen LogP contribution in [0.15, 0.2) is 54.9 Å². The van der Waals surface area contributed by atoms with Gasteiger partial charge in [-0.3, -0.25) is 25.4 Å². The van der Waals surface area contributed by atoms with E-state index >= 15 is 0 Å². The lowest BCUT2D eigenvalue weighted by Crippen LogP contribution is -2.41. The predicted molar refractivity (Wildman–Crippen MR) is 103 cm³/mol. The number of halogens is 1. The first kappa shape index (κ1) is 17.8. The summed E-state index contributed by atoms with van der Waals surface area (Å²) in [5.41, 5.74) is 6.54. The monoisotopic (exact) mass is 395 g/mol. The van der Waals surface area contributed by atoms with Crippen LogP contribution in [0.4, 0.5) is 4.39 Å². The molecular formula is C19H14FN5O2S. The summed E-state index contributed by atoms with van der Waals surface area (Å²) in [5, 5.41) is 5.28. The number of nitrogens with one attached hydrogen (secondary N) is 2. The zero-order valence-corrected chi connectivity index (χ0v) is 15.5. The number of aromatic nitrogens is 3. The van der Waals surface area contributed by atoms with Gasteiger partial charge in [0.2, 0.25) is 0 Å². The second kappa shape index (κ2) is 7.20. The molecule has 0 aliphatic rings. The Kier molecular flexibility index (Phi) is 4.58. The lowest BCUT2D eigenvalue weighted by molar-refractivity contribution is 0.0848. The van der Waals surface area contributed by atoms with Crippen LogP contribution >= 0.6 is 11.3 Å². The van der Waals surface area contributed by atoms with Crippen LogP contribution in [0.25, 0.3) is 15.9 Å². The van der Waals surface area contributed by atoms with E-state index < -0.39 is 11.8 Å². The summed E-state index contributed by atoms with van der Waals surface area (Å²) < 4.78 is 14.9. The molecular weight excluding hydrogens is 381 g/mol. The lowest BCUT2D eigenvalue weighted by Gasteiger charge is -2.05. The minimum atomic E-state index is -0.462. The number of thiophene rings is 1. The number of carbonyl (C=O) groups excluding carboxylic acids is 2. The zero-order valence-electron chi connectivity index (χ0n) is 14.6. The van der Waals surface area contributed by atoms with Crippen LogP contribution in [-0.2, 0) is 0 Å². The van der Waals surface area contributed by atoms with E-state index in [1.165, 1.54) is 29.7 Å². The fourth-order valence-electron chi connectivity index (χ4n) is 2.66. The van der Waals surface area contributed by atoms with Crippen LogP contribution in [0, 0.1) is 12.7 Å². The molecule has 7 nitrogen and oxygen atoms in total. The molecule has 2 N–H and O–H groups in total. The van der Waals surface area contributed by atoms with Gasteiger partial charge in [-0.05, 0) is 49.4 Å². The van der Waals surface area contributed by atoms with Gasteiger partial charge in [-0.25, -0.2) is 9.07 Å². The SMILES string of the molecule is Cc1nn(-c2ccc(F)cc2)c2sc(C(=O)NNC(=O)c3cccnc3)cc12. The number of rotatable bonds is 3.